The number of anilines is 2. The largest absolute Gasteiger partial charge is 0.369 e. The Kier molecular flexibility index (Phi) is 8.04. The molecule has 1 N–H and O–H groups in total. The molecular weight excluding hydrogens is 436 g/mol. The zero-order valence-corrected chi connectivity index (χ0v) is 20.5. The summed E-state index contributed by atoms with van der Waals surface area (Å²) in [4.78, 5) is 28.7. The second kappa shape index (κ2) is 11.2. The number of aryl methyl sites for hydroxylation is 2. The highest BCUT2D eigenvalue weighted by atomic mass is 35.5. The average Bonchev–Trinajstić information content (AvgIpc) is 2.84. The van der Waals surface area contributed by atoms with Crippen molar-refractivity contribution in [2.24, 2.45) is 5.92 Å². The number of hydrogen-bond acceptors (Lipinski definition) is 6. The van der Waals surface area contributed by atoms with Crippen molar-refractivity contribution >= 4 is 29.1 Å². The minimum absolute atomic E-state index is 0.00680. The van der Waals surface area contributed by atoms with E-state index < -0.39 is 0 Å². The van der Waals surface area contributed by atoms with Crippen molar-refractivity contribution in [3.8, 4) is 0 Å². The maximum Gasteiger partial charge on any atom is 0.225 e. The van der Waals surface area contributed by atoms with E-state index >= 15 is 0 Å². The minimum Gasteiger partial charge on any atom is -0.369 e. The van der Waals surface area contributed by atoms with E-state index in [9.17, 15) is 4.79 Å². The normalized spacial score (nSPS) is 19.5. The molecule has 2 aliphatic rings. The van der Waals surface area contributed by atoms with Crippen LogP contribution in [0.2, 0.25) is 5.02 Å². The van der Waals surface area contributed by atoms with E-state index in [1.54, 1.807) is 6.20 Å². The van der Waals surface area contributed by atoms with E-state index in [1.165, 1.54) is 11.3 Å². The van der Waals surface area contributed by atoms with Crippen LogP contribution < -0.4 is 15.1 Å². The van der Waals surface area contributed by atoms with Gasteiger partial charge >= 0.3 is 0 Å². The Balaban J connectivity index is 1.16. The SMILES string of the molecule is Cc1ccnc(N2CCC[C@@H](C(=O)NCCCN3CCN(c4cc(Cl)ccc4C)CC3)C2)n1. The molecule has 2 saturated heterocycles. The molecule has 8 heteroatoms. The highest BCUT2D eigenvalue weighted by Gasteiger charge is 2.27. The summed E-state index contributed by atoms with van der Waals surface area (Å²) >= 11 is 6.20. The summed E-state index contributed by atoms with van der Waals surface area (Å²) < 4.78 is 0. The lowest BCUT2D eigenvalue weighted by atomic mass is 9.97. The Morgan fingerprint density at radius 3 is 2.73 bits per heavy atom. The lowest BCUT2D eigenvalue weighted by Crippen LogP contribution is -2.47. The van der Waals surface area contributed by atoms with Crippen molar-refractivity contribution in [2.45, 2.75) is 33.1 Å². The maximum atomic E-state index is 12.7. The van der Waals surface area contributed by atoms with Crippen LogP contribution >= 0.6 is 11.6 Å². The average molecular weight is 471 g/mol. The number of aromatic nitrogens is 2. The molecule has 4 rings (SSSR count). The monoisotopic (exact) mass is 470 g/mol. The Labute approximate surface area is 202 Å². The lowest BCUT2D eigenvalue weighted by molar-refractivity contribution is -0.125. The molecule has 0 bridgehead atoms. The Bertz CT molecular complexity index is 946. The van der Waals surface area contributed by atoms with Crippen molar-refractivity contribution in [3.05, 3.63) is 46.7 Å². The number of carbonyl (C=O) groups excluding carboxylic acids is 1. The van der Waals surface area contributed by atoms with Crippen LogP contribution in [0.3, 0.4) is 0 Å². The van der Waals surface area contributed by atoms with Crippen LogP contribution in [0.25, 0.3) is 0 Å². The number of rotatable bonds is 7. The molecule has 1 atom stereocenters. The van der Waals surface area contributed by atoms with Crippen molar-refractivity contribution in [1.29, 1.82) is 0 Å². The van der Waals surface area contributed by atoms with Gasteiger partial charge in [0, 0.05) is 68.4 Å². The van der Waals surface area contributed by atoms with Crippen LogP contribution in [-0.4, -0.2) is 73.1 Å². The molecule has 0 radical (unpaired) electrons. The van der Waals surface area contributed by atoms with Crippen molar-refractivity contribution in [1.82, 2.24) is 20.2 Å². The first-order chi connectivity index (χ1) is 16.0. The van der Waals surface area contributed by atoms with Gasteiger partial charge < -0.3 is 15.1 Å². The number of piperidine rings is 1. The molecular formula is C25H35ClN6O. The Morgan fingerprint density at radius 1 is 1.12 bits per heavy atom. The zero-order chi connectivity index (χ0) is 23.2. The van der Waals surface area contributed by atoms with E-state index in [0.717, 1.165) is 81.7 Å². The fraction of sp³-hybridized carbons (Fsp3) is 0.560. The van der Waals surface area contributed by atoms with E-state index in [4.69, 9.17) is 11.6 Å². The van der Waals surface area contributed by atoms with E-state index in [2.05, 4.69) is 49.0 Å². The van der Waals surface area contributed by atoms with Gasteiger partial charge in [-0.25, -0.2) is 9.97 Å². The molecule has 0 spiro atoms. The van der Waals surface area contributed by atoms with E-state index in [0.29, 0.717) is 6.54 Å². The summed E-state index contributed by atoms with van der Waals surface area (Å²) in [5.74, 6) is 0.903. The molecule has 7 nitrogen and oxygen atoms in total. The summed E-state index contributed by atoms with van der Waals surface area (Å²) in [5.41, 5.74) is 3.47. The third-order valence-corrected chi connectivity index (χ3v) is 6.93. The highest BCUT2D eigenvalue weighted by molar-refractivity contribution is 6.30. The molecule has 2 aromatic rings. The number of hydrogen-bond donors (Lipinski definition) is 1. The van der Waals surface area contributed by atoms with Gasteiger partial charge in [0.2, 0.25) is 11.9 Å². The topological polar surface area (TPSA) is 64.6 Å². The highest BCUT2D eigenvalue weighted by Crippen LogP contribution is 2.25. The molecule has 1 aromatic carbocycles. The summed E-state index contributed by atoms with van der Waals surface area (Å²) in [6.07, 6.45) is 4.68. The molecule has 178 valence electrons. The van der Waals surface area contributed by atoms with Gasteiger partial charge in [-0.1, -0.05) is 17.7 Å². The molecule has 2 fully saturated rings. The van der Waals surface area contributed by atoms with Gasteiger partial charge in [-0.05, 0) is 63.4 Å². The van der Waals surface area contributed by atoms with Crippen molar-refractivity contribution < 1.29 is 4.79 Å². The zero-order valence-electron chi connectivity index (χ0n) is 19.8. The third-order valence-electron chi connectivity index (χ3n) is 6.69. The van der Waals surface area contributed by atoms with Gasteiger partial charge in [-0.3, -0.25) is 9.69 Å². The van der Waals surface area contributed by atoms with Gasteiger partial charge in [0.25, 0.3) is 0 Å². The number of nitrogens with zero attached hydrogens (tertiary/aromatic N) is 5. The third kappa shape index (κ3) is 6.36. The van der Waals surface area contributed by atoms with Gasteiger partial charge in [0.05, 0.1) is 5.92 Å². The van der Waals surface area contributed by atoms with Gasteiger partial charge in [0.1, 0.15) is 0 Å². The second-order valence-corrected chi connectivity index (χ2v) is 9.62. The fourth-order valence-corrected chi connectivity index (χ4v) is 4.92. The van der Waals surface area contributed by atoms with Crippen LogP contribution in [-0.2, 0) is 4.79 Å². The predicted octanol–water partition coefficient (Wildman–Crippen LogP) is 3.29. The van der Waals surface area contributed by atoms with Crippen LogP contribution in [0.5, 0.6) is 0 Å². The lowest BCUT2D eigenvalue weighted by Gasteiger charge is -2.37. The molecule has 0 unspecified atom stereocenters. The minimum atomic E-state index is 0.00680. The quantitative estimate of drug-likeness (QED) is 0.626. The first kappa shape index (κ1) is 23.8. The summed E-state index contributed by atoms with van der Waals surface area (Å²) in [5, 5.41) is 3.96. The number of nitrogens with one attached hydrogen (secondary N) is 1. The van der Waals surface area contributed by atoms with Crippen molar-refractivity contribution in [2.75, 3.05) is 62.2 Å². The van der Waals surface area contributed by atoms with Gasteiger partial charge in [0.15, 0.2) is 0 Å². The summed E-state index contributed by atoms with van der Waals surface area (Å²) in [6.45, 7) is 11.5. The van der Waals surface area contributed by atoms with E-state index in [1.807, 2.05) is 19.1 Å². The molecule has 1 amide bonds. The van der Waals surface area contributed by atoms with Crippen LogP contribution in [0.1, 0.15) is 30.5 Å². The van der Waals surface area contributed by atoms with Crippen LogP contribution in [0.15, 0.2) is 30.5 Å². The molecule has 33 heavy (non-hydrogen) atoms. The standard InChI is InChI=1S/C25H35ClN6O/c1-19-6-7-22(26)17-23(19)31-15-13-30(14-16-31)11-4-9-27-24(33)21-5-3-12-32(18-21)25-28-10-8-20(2)29-25/h6-8,10,17,21H,3-5,9,11-16,18H2,1-2H3,(H,27,33)/t21-/m1/s1. The first-order valence-corrected chi connectivity index (χ1v) is 12.4. The van der Waals surface area contributed by atoms with Gasteiger partial charge in [-0.2, -0.15) is 0 Å². The molecule has 1 aromatic heterocycles. The number of carbonyl (C=O) groups is 1. The number of halogens is 1. The van der Waals surface area contributed by atoms with Crippen LogP contribution in [0, 0.1) is 19.8 Å². The maximum absolute atomic E-state index is 12.7. The van der Waals surface area contributed by atoms with Gasteiger partial charge in [-0.15, -0.1) is 0 Å². The molecule has 0 saturated carbocycles. The Morgan fingerprint density at radius 2 is 1.94 bits per heavy atom. The molecule has 2 aliphatic heterocycles. The summed E-state index contributed by atoms with van der Waals surface area (Å²) in [7, 11) is 0. The smallest absolute Gasteiger partial charge is 0.225 e. The first-order valence-electron chi connectivity index (χ1n) is 12.1. The summed E-state index contributed by atoms with van der Waals surface area (Å²) in [6, 6.07) is 8.01. The Hall–Kier alpha value is -2.38. The predicted molar refractivity (Wildman–Crippen MR) is 134 cm³/mol. The van der Waals surface area contributed by atoms with Crippen LogP contribution in [0.4, 0.5) is 11.6 Å². The second-order valence-electron chi connectivity index (χ2n) is 9.19. The number of benzene rings is 1. The number of piperazine rings is 1. The number of amides is 1. The molecule has 0 aliphatic carbocycles. The molecule has 3 heterocycles. The fourth-order valence-electron chi connectivity index (χ4n) is 4.76. The van der Waals surface area contributed by atoms with E-state index in [-0.39, 0.29) is 11.8 Å². The van der Waals surface area contributed by atoms with Crippen molar-refractivity contribution in [3.63, 3.8) is 0 Å².